The molecule has 2 aromatic rings. The van der Waals surface area contributed by atoms with Crippen LogP contribution in [0, 0.1) is 6.92 Å². The molecule has 0 spiro atoms. The Kier molecular flexibility index (Phi) is 3.79. The molecule has 19 heavy (non-hydrogen) atoms. The number of alkyl halides is 2. The Morgan fingerprint density at radius 2 is 1.84 bits per heavy atom. The molecular formula is C15H16F2N2. The van der Waals surface area contributed by atoms with E-state index in [1.54, 1.807) is 12.3 Å². The molecule has 0 aliphatic carbocycles. The molecule has 0 bridgehead atoms. The maximum absolute atomic E-state index is 12.7. The summed E-state index contributed by atoms with van der Waals surface area (Å²) in [6, 6.07) is 8.37. The second-order valence-electron chi connectivity index (χ2n) is 4.69. The molecule has 0 radical (unpaired) electrons. The van der Waals surface area contributed by atoms with Crippen molar-refractivity contribution in [1.29, 1.82) is 0 Å². The van der Waals surface area contributed by atoms with Gasteiger partial charge in [0.15, 0.2) is 0 Å². The second-order valence-corrected chi connectivity index (χ2v) is 4.69. The van der Waals surface area contributed by atoms with Crippen LogP contribution < -0.4 is 4.90 Å². The van der Waals surface area contributed by atoms with E-state index in [2.05, 4.69) is 4.98 Å². The number of anilines is 1. The lowest BCUT2D eigenvalue weighted by molar-refractivity contribution is 0.151. The number of nitrogens with zero attached hydrogens (tertiary/aromatic N) is 2. The Balaban J connectivity index is 2.42. The van der Waals surface area contributed by atoms with Crippen molar-refractivity contribution in [2.75, 3.05) is 19.0 Å². The van der Waals surface area contributed by atoms with Gasteiger partial charge in [0.05, 0.1) is 0 Å². The molecule has 1 aromatic heterocycles. The third-order valence-electron chi connectivity index (χ3n) is 2.95. The summed E-state index contributed by atoms with van der Waals surface area (Å²) in [5.74, 6) is 0.883. The molecule has 0 unspecified atom stereocenters. The van der Waals surface area contributed by atoms with Crippen molar-refractivity contribution < 1.29 is 8.78 Å². The van der Waals surface area contributed by atoms with Gasteiger partial charge in [-0.2, -0.15) is 0 Å². The van der Waals surface area contributed by atoms with Gasteiger partial charge in [0.1, 0.15) is 5.82 Å². The van der Waals surface area contributed by atoms with Crippen molar-refractivity contribution in [3.8, 4) is 11.1 Å². The van der Waals surface area contributed by atoms with Gasteiger partial charge in [-0.05, 0) is 30.2 Å². The summed E-state index contributed by atoms with van der Waals surface area (Å²) >= 11 is 0. The van der Waals surface area contributed by atoms with Gasteiger partial charge in [-0.1, -0.05) is 18.2 Å². The molecule has 1 heterocycles. The highest BCUT2D eigenvalue weighted by molar-refractivity contribution is 5.66. The Labute approximate surface area is 111 Å². The average molecular weight is 262 g/mol. The first kappa shape index (κ1) is 13.5. The molecule has 100 valence electrons. The Hall–Kier alpha value is -1.97. The van der Waals surface area contributed by atoms with Gasteiger partial charge < -0.3 is 4.90 Å². The first-order valence-corrected chi connectivity index (χ1v) is 6.01. The van der Waals surface area contributed by atoms with Gasteiger partial charge in [-0.25, -0.2) is 13.8 Å². The summed E-state index contributed by atoms with van der Waals surface area (Å²) in [6.45, 7) is 1.96. The minimum absolute atomic E-state index is 0.0341. The number of rotatable bonds is 3. The predicted octanol–water partition coefficient (Wildman–Crippen LogP) is 4.06. The summed E-state index contributed by atoms with van der Waals surface area (Å²) in [6.07, 6.45) is -0.734. The average Bonchev–Trinajstić information content (AvgIpc) is 2.38. The third-order valence-corrected chi connectivity index (χ3v) is 2.95. The highest BCUT2D eigenvalue weighted by Crippen LogP contribution is 2.27. The van der Waals surface area contributed by atoms with E-state index in [0.29, 0.717) is 0 Å². The molecule has 2 nitrogen and oxygen atoms in total. The number of pyridine rings is 1. The van der Waals surface area contributed by atoms with Gasteiger partial charge in [-0.15, -0.1) is 0 Å². The van der Waals surface area contributed by atoms with Crippen LogP contribution in [0.4, 0.5) is 14.6 Å². The molecule has 4 heteroatoms. The van der Waals surface area contributed by atoms with Crippen LogP contribution in [-0.4, -0.2) is 19.1 Å². The van der Waals surface area contributed by atoms with Gasteiger partial charge in [0, 0.05) is 31.4 Å². The van der Waals surface area contributed by atoms with E-state index in [-0.39, 0.29) is 5.56 Å². The van der Waals surface area contributed by atoms with Crippen molar-refractivity contribution >= 4 is 5.82 Å². The second kappa shape index (κ2) is 5.34. The van der Waals surface area contributed by atoms with Gasteiger partial charge >= 0.3 is 0 Å². The normalized spacial score (nSPS) is 10.8. The third kappa shape index (κ3) is 2.89. The van der Waals surface area contributed by atoms with E-state index < -0.39 is 6.43 Å². The molecule has 0 atom stereocenters. The van der Waals surface area contributed by atoms with E-state index >= 15 is 0 Å². The van der Waals surface area contributed by atoms with Gasteiger partial charge in [-0.3, -0.25) is 0 Å². The SMILES string of the molecule is Cc1cc(-c2cccc(C(F)F)c2)cnc1N(C)C. The van der Waals surface area contributed by atoms with Crippen LogP contribution in [0.15, 0.2) is 36.5 Å². The van der Waals surface area contributed by atoms with Crippen LogP contribution in [0.2, 0.25) is 0 Å². The summed E-state index contributed by atoms with van der Waals surface area (Å²) < 4.78 is 25.4. The maximum atomic E-state index is 12.7. The number of benzene rings is 1. The zero-order valence-corrected chi connectivity index (χ0v) is 11.2. The zero-order valence-electron chi connectivity index (χ0n) is 11.2. The quantitative estimate of drug-likeness (QED) is 0.829. The minimum atomic E-state index is -2.45. The lowest BCUT2D eigenvalue weighted by Crippen LogP contribution is -2.12. The number of aromatic nitrogens is 1. The molecule has 0 saturated heterocycles. The lowest BCUT2D eigenvalue weighted by Gasteiger charge is -2.15. The standard InChI is InChI=1S/C15H16F2N2/c1-10-7-13(9-18-15(10)19(2)3)11-5-4-6-12(8-11)14(16)17/h4-9,14H,1-3H3. The number of hydrogen-bond acceptors (Lipinski definition) is 2. The first-order chi connectivity index (χ1) is 8.99. The lowest BCUT2D eigenvalue weighted by atomic mass is 10.0. The van der Waals surface area contributed by atoms with E-state index in [1.165, 1.54) is 12.1 Å². The molecule has 2 rings (SSSR count). The van der Waals surface area contributed by atoms with Crippen LogP contribution in [0.3, 0.4) is 0 Å². The Bertz CT molecular complexity index is 580. The van der Waals surface area contributed by atoms with Crippen LogP contribution >= 0.6 is 0 Å². The fourth-order valence-electron chi connectivity index (χ4n) is 2.05. The monoisotopic (exact) mass is 262 g/mol. The predicted molar refractivity (Wildman–Crippen MR) is 73.7 cm³/mol. The van der Waals surface area contributed by atoms with Crippen LogP contribution in [0.5, 0.6) is 0 Å². The number of aryl methyl sites for hydroxylation is 1. The van der Waals surface area contributed by atoms with Crippen molar-refractivity contribution in [2.45, 2.75) is 13.3 Å². The smallest absolute Gasteiger partial charge is 0.263 e. The fourth-order valence-corrected chi connectivity index (χ4v) is 2.05. The summed E-state index contributed by atoms with van der Waals surface area (Å²) in [5.41, 5.74) is 2.67. The molecule has 1 aromatic carbocycles. The maximum Gasteiger partial charge on any atom is 0.263 e. The van der Waals surface area contributed by atoms with Crippen LogP contribution in [0.25, 0.3) is 11.1 Å². The summed E-state index contributed by atoms with van der Waals surface area (Å²) in [5, 5.41) is 0. The van der Waals surface area contributed by atoms with Crippen molar-refractivity contribution in [3.05, 3.63) is 47.7 Å². The molecule has 0 aliphatic rings. The van der Waals surface area contributed by atoms with E-state index in [9.17, 15) is 8.78 Å². The van der Waals surface area contributed by atoms with Gasteiger partial charge in [0.25, 0.3) is 6.43 Å². The Morgan fingerprint density at radius 3 is 2.42 bits per heavy atom. The topological polar surface area (TPSA) is 16.1 Å². The molecule has 0 N–H and O–H groups in total. The van der Waals surface area contributed by atoms with Crippen molar-refractivity contribution in [2.24, 2.45) is 0 Å². The highest BCUT2D eigenvalue weighted by atomic mass is 19.3. The minimum Gasteiger partial charge on any atom is -0.363 e. The van der Waals surface area contributed by atoms with Crippen LogP contribution in [0.1, 0.15) is 17.6 Å². The van der Waals surface area contributed by atoms with Crippen molar-refractivity contribution in [1.82, 2.24) is 4.98 Å². The highest BCUT2D eigenvalue weighted by Gasteiger charge is 2.09. The van der Waals surface area contributed by atoms with E-state index in [0.717, 1.165) is 22.5 Å². The molecular weight excluding hydrogens is 246 g/mol. The van der Waals surface area contributed by atoms with Crippen LogP contribution in [-0.2, 0) is 0 Å². The number of hydrogen-bond donors (Lipinski definition) is 0. The van der Waals surface area contributed by atoms with Gasteiger partial charge in [0.2, 0.25) is 0 Å². The fraction of sp³-hybridized carbons (Fsp3) is 0.267. The summed E-state index contributed by atoms with van der Waals surface area (Å²) in [7, 11) is 3.85. The van der Waals surface area contributed by atoms with E-state index in [1.807, 2.05) is 38.1 Å². The molecule has 0 aliphatic heterocycles. The first-order valence-electron chi connectivity index (χ1n) is 6.01. The molecule has 0 fully saturated rings. The zero-order chi connectivity index (χ0) is 14.0. The molecule has 0 amide bonds. The largest absolute Gasteiger partial charge is 0.363 e. The molecule has 0 saturated carbocycles. The van der Waals surface area contributed by atoms with Crippen molar-refractivity contribution in [3.63, 3.8) is 0 Å². The summed E-state index contributed by atoms with van der Waals surface area (Å²) in [4.78, 5) is 6.29. The Morgan fingerprint density at radius 1 is 1.11 bits per heavy atom. The number of halogens is 2. The van der Waals surface area contributed by atoms with E-state index in [4.69, 9.17) is 0 Å².